The van der Waals surface area contributed by atoms with Gasteiger partial charge in [-0.3, -0.25) is 0 Å². The number of hydrogen-bond acceptors (Lipinski definition) is 3. The minimum atomic E-state index is -0.471. The predicted molar refractivity (Wildman–Crippen MR) is 46.3 cm³/mol. The SMILES string of the molecule is CC(CN)Nc1ccc(F)nc1. The van der Waals surface area contributed by atoms with E-state index in [0.717, 1.165) is 5.69 Å². The fraction of sp³-hybridized carbons (Fsp3) is 0.375. The third-order valence-electron chi connectivity index (χ3n) is 1.49. The van der Waals surface area contributed by atoms with Crippen molar-refractivity contribution in [1.82, 2.24) is 4.98 Å². The average Bonchev–Trinajstić information content (AvgIpc) is 2.09. The summed E-state index contributed by atoms with van der Waals surface area (Å²) in [6, 6.07) is 3.12. The van der Waals surface area contributed by atoms with Gasteiger partial charge in [0, 0.05) is 12.6 Å². The molecule has 0 aliphatic heterocycles. The van der Waals surface area contributed by atoms with Gasteiger partial charge in [-0.1, -0.05) is 0 Å². The summed E-state index contributed by atoms with van der Waals surface area (Å²) in [6.07, 6.45) is 1.45. The van der Waals surface area contributed by atoms with Crippen molar-refractivity contribution in [3.8, 4) is 0 Å². The van der Waals surface area contributed by atoms with E-state index in [1.54, 1.807) is 6.07 Å². The van der Waals surface area contributed by atoms with E-state index in [0.29, 0.717) is 6.54 Å². The van der Waals surface area contributed by atoms with Gasteiger partial charge in [-0.25, -0.2) is 4.98 Å². The molecule has 66 valence electrons. The lowest BCUT2D eigenvalue weighted by molar-refractivity contribution is 0.584. The number of hydrogen-bond donors (Lipinski definition) is 2. The lowest BCUT2D eigenvalue weighted by Gasteiger charge is -2.11. The lowest BCUT2D eigenvalue weighted by Crippen LogP contribution is -2.25. The second-order valence-electron chi connectivity index (χ2n) is 2.65. The predicted octanol–water partition coefficient (Wildman–Crippen LogP) is 0.980. The topological polar surface area (TPSA) is 50.9 Å². The molecule has 1 unspecified atom stereocenters. The molecule has 0 amide bonds. The van der Waals surface area contributed by atoms with E-state index in [-0.39, 0.29) is 6.04 Å². The van der Waals surface area contributed by atoms with Crippen molar-refractivity contribution in [2.75, 3.05) is 11.9 Å². The molecule has 12 heavy (non-hydrogen) atoms. The highest BCUT2D eigenvalue weighted by molar-refractivity contribution is 5.40. The number of halogens is 1. The monoisotopic (exact) mass is 169 g/mol. The maximum absolute atomic E-state index is 12.3. The first kappa shape index (κ1) is 8.93. The second-order valence-corrected chi connectivity index (χ2v) is 2.65. The van der Waals surface area contributed by atoms with E-state index < -0.39 is 5.95 Å². The van der Waals surface area contributed by atoms with Crippen molar-refractivity contribution in [1.29, 1.82) is 0 Å². The molecule has 0 aliphatic rings. The zero-order valence-electron chi connectivity index (χ0n) is 6.92. The molecule has 3 N–H and O–H groups in total. The van der Waals surface area contributed by atoms with Gasteiger partial charge in [-0.15, -0.1) is 0 Å². The summed E-state index contributed by atoms with van der Waals surface area (Å²) in [4.78, 5) is 3.50. The van der Waals surface area contributed by atoms with Gasteiger partial charge in [0.1, 0.15) is 0 Å². The molecule has 0 saturated carbocycles. The quantitative estimate of drug-likeness (QED) is 0.663. The Kier molecular flexibility index (Phi) is 2.99. The van der Waals surface area contributed by atoms with Crippen LogP contribution in [0, 0.1) is 5.95 Å². The number of aromatic nitrogens is 1. The van der Waals surface area contributed by atoms with Crippen LogP contribution in [0.1, 0.15) is 6.92 Å². The van der Waals surface area contributed by atoms with Crippen molar-refractivity contribution in [2.45, 2.75) is 13.0 Å². The summed E-state index contributed by atoms with van der Waals surface area (Å²) in [5.41, 5.74) is 6.18. The molecule has 0 fully saturated rings. The third-order valence-corrected chi connectivity index (χ3v) is 1.49. The summed E-state index contributed by atoms with van der Waals surface area (Å²) in [7, 11) is 0. The van der Waals surface area contributed by atoms with Gasteiger partial charge in [0.2, 0.25) is 5.95 Å². The molecular weight excluding hydrogens is 157 g/mol. The van der Waals surface area contributed by atoms with Crippen LogP contribution in [0.2, 0.25) is 0 Å². The van der Waals surface area contributed by atoms with E-state index in [9.17, 15) is 4.39 Å². The van der Waals surface area contributed by atoms with Crippen LogP contribution in [0.5, 0.6) is 0 Å². The lowest BCUT2D eigenvalue weighted by atomic mass is 10.3. The Morgan fingerprint density at radius 2 is 2.42 bits per heavy atom. The van der Waals surface area contributed by atoms with E-state index in [1.165, 1.54) is 12.3 Å². The number of anilines is 1. The van der Waals surface area contributed by atoms with Crippen LogP contribution in [0.25, 0.3) is 0 Å². The van der Waals surface area contributed by atoms with Crippen molar-refractivity contribution < 1.29 is 4.39 Å². The van der Waals surface area contributed by atoms with Crippen molar-refractivity contribution in [2.24, 2.45) is 5.73 Å². The van der Waals surface area contributed by atoms with Gasteiger partial charge in [0.05, 0.1) is 11.9 Å². The molecule has 1 heterocycles. The summed E-state index contributed by atoms with van der Waals surface area (Å²) in [6.45, 7) is 2.49. The van der Waals surface area contributed by atoms with E-state index in [4.69, 9.17) is 5.73 Å². The van der Waals surface area contributed by atoms with E-state index >= 15 is 0 Å². The molecule has 0 spiro atoms. The number of nitrogens with one attached hydrogen (secondary N) is 1. The van der Waals surface area contributed by atoms with Gasteiger partial charge in [0.25, 0.3) is 0 Å². The van der Waals surface area contributed by atoms with Gasteiger partial charge in [-0.05, 0) is 19.1 Å². The fourth-order valence-corrected chi connectivity index (χ4v) is 0.805. The Morgan fingerprint density at radius 1 is 1.67 bits per heavy atom. The number of nitrogens with two attached hydrogens (primary N) is 1. The molecule has 0 bridgehead atoms. The Balaban J connectivity index is 2.58. The highest BCUT2D eigenvalue weighted by Crippen LogP contribution is 2.05. The van der Waals surface area contributed by atoms with Crippen LogP contribution in [0.15, 0.2) is 18.3 Å². The molecular formula is C8H12FN3. The number of rotatable bonds is 3. The highest BCUT2D eigenvalue weighted by atomic mass is 19.1. The standard InChI is InChI=1S/C8H12FN3/c1-6(4-10)12-7-2-3-8(9)11-5-7/h2-3,5-6,12H,4,10H2,1H3. The molecule has 1 aromatic heterocycles. The van der Waals surface area contributed by atoms with Crippen LogP contribution in [-0.4, -0.2) is 17.6 Å². The Hall–Kier alpha value is -1.16. The Bertz CT molecular complexity index is 235. The smallest absolute Gasteiger partial charge is 0.212 e. The Labute approximate surface area is 70.8 Å². The molecule has 4 heteroatoms. The molecule has 0 aromatic carbocycles. The largest absolute Gasteiger partial charge is 0.380 e. The zero-order chi connectivity index (χ0) is 8.97. The van der Waals surface area contributed by atoms with Crippen molar-refractivity contribution in [3.05, 3.63) is 24.3 Å². The first-order valence-electron chi connectivity index (χ1n) is 3.80. The molecule has 0 aliphatic carbocycles. The summed E-state index contributed by atoms with van der Waals surface area (Å²) in [5, 5.41) is 3.06. The number of pyridine rings is 1. The van der Waals surface area contributed by atoms with Gasteiger partial charge < -0.3 is 11.1 Å². The fourth-order valence-electron chi connectivity index (χ4n) is 0.805. The minimum Gasteiger partial charge on any atom is -0.380 e. The number of nitrogens with zero attached hydrogens (tertiary/aromatic N) is 1. The highest BCUT2D eigenvalue weighted by Gasteiger charge is 1.98. The van der Waals surface area contributed by atoms with Gasteiger partial charge in [-0.2, -0.15) is 4.39 Å². The maximum Gasteiger partial charge on any atom is 0.212 e. The first-order valence-corrected chi connectivity index (χ1v) is 3.80. The summed E-state index contributed by atoms with van der Waals surface area (Å²) >= 11 is 0. The normalized spacial score (nSPS) is 12.6. The molecule has 0 radical (unpaired) electrons. The van der Waals surface area contributed by atoms with Crippen molar-refractivity contribution in [3.63, 3.8) is 0 Å². The maximum atomic E-state index is 12.3. The third kappa shape index (κ3) is 2.47. The minimum absolute atomic E-state index is 0.178. The Morgan fingerprint density at radius 3 is 2.92 bits per heavy atom. The molecule has 3 nitrogen and oxygen atoms in total. The molecule has 0 saturated heterocycles. The van der Waals surface area contributed by atoms with Crippen LogP contribution < -0.4 is 11.1 Å². The van der Waals surface area contributed by atoms with Crippen molar-refractivity contribution >= 4 is 5.69 Å². The summed E-state index contributed by atoms with van der Waals surface area (Å²) < 4.78 is 12.3. The van der Waals surface area contributed by atoms with Crippen LogP contribution in [-0.2, 0) is 0 Å². The molecule has 1 atom stereocenters. The van der Waals surface area contributed by atoms with Gasteiger partial charge >= 0.3 is 0 Å². The van der Waals surface area contributed by atoms with Gasteiger partial charge in [0.15, 0.2) is 0 Å². The van der Waals surface area contributed by atoms with E-state index in [2.05, 4.69) is 10.3 Å². The average molecular weight is 169 g/mol. The first-order chi connectivity index (χ1) is 5.72. The van der Waals surface area contributed by atoms with E-state index in [1.807, 2.05) is 6.92 Å². The molecule has 1 rings (SSSR count). The van der Waals surface area contributed by atoms with Crippen LogP contribution in [0.4, 0.5) is 10.1 Å². The molecule has 1 aromatic rings. The summed E-state index contributed by atoms with van der Waals surface area (Å²) in [5.74, 6) is -0.471. The zero-order valence-corrected chi connectivity index (χ0v) is 6.92. The second kappa shape index (κ2) is 4.01. The van der Waals surface area contributed by atoms with Crippen LogP contribution >= 0.6 is 0 Å². The van der Waals surface area contributed by atoms with Crippen LogP contribution in [0.3, 0.4) is 0 Å².